The fourth-order valence-corrected chi connectivity index (χ4v) is 4.17. The van der Waals surface area contributed by atoms with Crippen LogP contribution in [0.3, 0.4) is 0 Å². The Balaban J connectivity index is 1.81. The number of fused-ring (bicyclic) bond motifs is 1. The van der Waals surface area contributed by atoms with Crippen molar-refractivity contribution in [2.75, 3.05) is 24.3 Å². The highest BCUT2D eigenvalue weighted by Gasteiger charge is 2.19. The van der Waals surface area contributed by atoms with E-state index in [1.165, 1.54) is 11.8 Å². The maximum absolute atomic E-state index is 12.8. The van der Waals surface area contributed by atoms with Crippen LogP contribution in [-0.4, -0.2) is 34.8 Å². The number of aromatic nitrogens is 2. The number of rotatable bonds is 6. The largest absolute Gasteiger partial charge is 0.378 e. The molecule has 0 spiro atoms. The average molecular weight is 475 g/mol. The molecule has 1 heterocycles. The Morgan fingerprint density at radius 2 is 1.93 bits per heavy atom. The number of halogens is 1. The lowest BCUT2D eigenvalue weighted by Crippen LogP contribution is -2.26. The van der Waals surface area contributed by atoms with Gasteiger partial charge in [0.05, 0.1) is 16.2 Å². The molecule has 1 N–H and O–H groups in total. The summed E-state index contributed by atoms with van der Waals surface area (Å²) in [5.74, 6) is -0.139. The number of benzene rings is 2. The second-order valence-corrected chi connectivity index (χ2v) is 9.02. The molecule has 0 aliphatic heterocycles. The minimum Gasteiger partial charge on any atom is -0.378 e. The van der Waals surface area contributed by atoms with E-state index in [-0.39, 0.29) is 11.5 Å². The predicted octanol–water partition coefficient (Wildman–Crippen LogP) is 4.36. The molecule has 1 aromatic heterocycles. The van der Waals surface area contributed by atoms with Gasteiger partial charge >= 0.3 is 0 Å². The molecule has 0 saturated carbocycles. The summed E-state index contributed by atoms with van der Waals surface area (Å²) >= 11 is 4.68. The minimum absolute atomic E-state index is 0.104. The van der Waals surface area contributed by atoms with E-state index in [2.05, 4.69) is 26.2 Å². The van der Waals surface area contributed by atoms with Crippen LogP contribution >= 0.6 is 27.7 Å². The minimum atomic E-state index is -0.416. The highest BCUT2D eigenvalue weighted by Crippen LogP contribution is 2.25. The Bertz CT molecular complexity index is 1100. The number of carbonyl (C=O) groups excluding carboxylic acids is 1. The summed E-state index contributed by atoms with van der Waals surface area (Å²) < 4.78 is 2.44. The fraction of sp³-hybridized carbons (Fsp3) is 0.286. The van der Waals surface area contributed by atoms with Gasteiger partial charge in [-0.2, -0.15) is 0 Å². The average Bonchev–Trinajstić information content (AvgIpc) is 2.69. The first-order valence-corrected chi connectivity index (χ1v) is 10.9. The third-order valence-corrected chi connectivity index (χ3v) is 6.08. The van der Waals surface area contributed by atoms with E-state index in [0.29, 0.717) is 22.6 Å². The number of nitrogens with zero attached hydrogens (tertiary/aromatic N) is 3. The van der Waals surface area contributed by atoms with Crippen molar-refractivity contribution in [1.82, 2.24) is 9.55 Å². The van der Waals surface area contributed by atoms with E-state index < -0.39 is 5.25 Å². The Labute approximate surface area is 182 Å². The number of thioether (sulfide) groups is 1. The number of amides is 1. The van der Waals surface area contributed by atoms with Crippen LogP contribution in [0, 0.1) is 0 Å². The first kappa shape index (κ1) is 21.4. The van der Waals surface area contributed by atoms with Gasteiger partial charge in [0.15, 0.2) is 5.16 Å². The monoisotopic (exact) mass is 474 g/mol. The zero-order valence-corrected chi connectivity index (χ0v) is 19.2. The van der Waals surface area contributed by atoms with Gasteiger partial charge in [0.1, 0.15) is 0 Å². The molecule has 0 radical (unpaired) electrons. The second-order valence-electron chi connectivity index (χ2n) is 6.80. The summed E-state index contributed by atoms with van der Waals surface area (Å²) in [6.07, 6.45) is 0. The molecule has 2 aromatic carbocycles. The Morgan fingerprint density at radius 1 is 1.24 bits per heavy atom. The number of nitrogens with one attached hydrogen (secondary N) is 1. The number of carbonyl (C=O) groups is 1. The van der Waals surface area contributed by atoms with E-state index in [0.717, 1.165) is 15.8 Å². The molecule has 152 valence electrons. The topological polar surface area (TPSA) is 67.2 Å². The summed E-state index contributed by atoms with van der Waals surface area (Å²) in [5, 5.41) is 3.61. The van der Waals surface area contributed by atoms with Crippen molar-refractivity contribution in [1.29, 1.82) is 0 Å². The zero-order chi connectivity index (χ0) is 21.1. The van der Waals surface area contributed by atoms with Crippen LogP contribution in [-0.2, 0) is 11.3 Å². The van der Waals surface area contributed by atoms with Crippen molar-refractivity contribution in [3.63, 3.8) is 0 Å². The Kier molecular flexibility index (Phi) is 6.64. The van der Waals surface area contributed by atoms with Gasteiger partial charge < -0.3 is 10.2 Å². The fourth-order valence-electron chi connectivity index (χ4n) is 2.84. The molecular formula is C21H23BrN4O2S. The summed E-state index contributed by atoms with van der Waals surface area (Å²) in [6.45, 7) is 4.19. The molecule has 6 nitrogen and oxygen atoms in total. The Hall–Kier alpha value is -2.32. The van der Waals surface area contributed by atoms with Crippen LogP contribution < -0.4 is 15.8 Å². The normalized spacial score (nSPS) is 12.0. The van der Waals surface area contributed by atoms with Gasteiger partial charge in [-0.1, -0.05) is 27.7 Å². The summed E-state index contributed by atoms with van der Waals surface area (Å²) in [6, 6.07) is 13.1. The van der Waals surface area contributed by atoms with E-state index >= 15 is 0 Å². The van der Waals surface area contributed by atoms with Crippen LogP contribution in [0.15, 0.2) is 56.9 Å². The lowest BCUT2D eigenvalue weighted by molar-refractivity contribution is -0.115. The third-order valence-electron chi connectivity index (χ3n) is 4.50. The molecule has 1 unspecified atom stereocenters. The van der Waals surface area contributed by atoms with Crippen molar-refractivity contribution in [2.24, 2.45) is 0 Å². The van der Waals surface area contributed by atoms with Crippen molar-refractivity contribution in [2.45, 2.75) is 30.8 Å². The van der Waals surface area contributed by atoms with Crippen LogP contribution in [0.1, 0.15) is 13.8 Å². The van der Waals surface area contributed by atoms with Gasteiger partial charge in [0.2, 0.25) is 5.91 Å². The highest BCUT2D eigenvalue weighted by molar-refractivity contribution is 9.10. The van der Waals surface area contributed by atoms with Crippen LogP contribution in [0.5, 0.6) is 0 Å². The van der Waals surface area contributed by atoms with Gasteiger partial charge in [-0.3, -0.25) is 14.2 Å². The maximum Gasteiger partial charge on any atom is 0.262 e. The summed E-state index contributed by atoms with van der Waals surface area (Å²) in [5.41, 5.74) is 2.31. The van der Waals surface area contributed by atoms with Crippen molar-refractivity contribution >= 4 is 55.9 Å². The molecule has 8 heteroatoms. The first-order chi connectivity index (χ1) is 13.8. The molecule has 0 saturated heterocycles. The molecule has 0 bridgehead atoms. The van der Waals surface area contributed by atoms with E-state index in [1.54, 1.807) is 10.6 Å². The van der Waals surface area contributed by atoms with E-state index in [4.69, 9.17) is 0 Å². The van der Waals surface area contributed by atoms with E-state index in [9.17, 15) is 9.59 Å². The summed E-state index contributed by atoms with van der Waals surface area (Å²) in [4.78, 5) is 32.1. The zero-order valence-electron chi connectivity index (χ0n) is 16.8. The molecular weight excluding hydrogens is 452 g/mol. The standard InChI is InChI=1S/C21H23BrN4O2S/c1-5-26-20(28)17-12-14(22)6-11-18(17)24-21(26)29-13(2)19(27)23-15-7-9-16(10-8-15)25(3)4/h6-13H,5H2,1-4H3,(H,23,27). The quantitative estimate of drug-likeness (QED) is 0.424. The molecule has 0 aliphatic carbocycles. The SMILES string of the molecule is CCn1c(SC(C)C(=O)Nc2ccc(N(C)C)cc2)nc2ccc(Br)cc2c1=O. The molecule has 3 aromatic rings. The second kappa shape index (κ2) is 9.00. The highest BCUT2D eigenvalue weighted by atomic mass is 79.9. The Morgan fingerprint density at radius 3 is 2.55 bits per heavy atom. The molecule has 1 atom stereocenters. The van der Waals surface area contributed by atoms with E-state index in [1.807, 2.05) is 69.2 Å². The lowest BCUT2D eigenvalue weighted by atomic mass is 10.2. The molecule has 3 rings (SSSR count). The van der Waals surface area contributed by atoms with Gasteiger partial charge in [-0.15, -0.1) is 0 Å². The molecule has 0 fully saturated rings. The van der Waals surface area contributed by atoms with Gasteiger partial charge in [0.25, 0.3) is 5.56 Å². The first-order valence-electron chi connectivity index (χ1n) is 9.25. The maximum atomic E-state index is 12.8. The number of hydrogen-bond acceptors (Lipinski definition) is 5. The van der Waals surface area contributed by atoms with Crippen molar-refractivity contribution in [3.05, 3.63) is 57.3 Å². The van der Waals surface area contributed by atoms with Gasteiger partial charge in [-0.25, -0.2) is 4.98 Å². The van der Waals surface area contributed by atoms with Crippen LogP contribution in [0.2, 0.25) is 0 Å². The van der Waals surface area contributed by atoms with Crippen LogP contribution in [0.4, 0.5) is 11.4 Å². The molecule has 0 aliphatic rings. The van der Waals surface area contributed by atoms with Crippen molar-refractivity contribution in [3.8, 4) is 0 Å². The van der Waals surface area contributed by atoms with Gasteiger partial charge in [-0.05, 0) is 56.3 Å². The molecule has 1 amide bonds. The predicted molar refractivity (Wildman–Crippen MR) is 124 cm³/mol. The number of anilines is 2. The third kappa shape index (κ3) is 4.82. The smallest absolute Gasteiger partial charge is 0.262 e. The summed E-state index contributed by atoms with van der Waals surface area (Å²) in [7, 11) is 3.93. The number of hydrogen-bond donors (Lipinski definition) is 1. The van der Waals surface area contributed by atoms with Gasteiger partial charge in [0, 0.05) is 36.5 Å². The lowest BCUT2D eigenvalue weighted by Gasteiger charge is -2.16. The van der Waals surface area contributed by atoms with Crippen LogP contribution in [0.25, 0.3) is 10.9 Å². The van der Waals surface area contributed by atoms with Crippen molar-refractivity contribution < 1.29 is 4.79 Å². The molecule has 29 heavy (non-hydrogen) atoms.